The third kappa shape index (κ3) is 6.94. The maximum absolute atomic E-state index is 14.8. The molecule has 2 aromatic carbocycles. The lowest BCUT2D eigenvalue weighted by molar-refractivity contribution is 0.102. The van der Waals surface area contributed by atoms with E-state index in [4.69, 9.17) is 15.0 Å². The topological polar surface area (TPSA) is 169 Å². The first-order chi connectivity index (χ1) is 20.7. The van der Waals surface area contributed by atoms with Crippen LogP contribution in [0, 0.1) is 11.6 Å². The van der Waals surface area contributed by atoms with Gasteiger partial charge in [-0.1, -0.05) is 22.6 Å². The fraction of sp³-hybridized carbons (Fsp3) is 0.345. The number of methoxy groups -OCH3 is 1. The van der Waals surface area contributed by atoms with Gasteiger partial charge in [0.05, 0.1) is 18.4 Å². The van der Waals surface area contributed by atoms with E-state index >= 15 is 0 Å². The quantitative estimate of drug-likeness (QED) is 0.180. The molecule has 1 saturated heterocycles. The minimum atomic E-state index is -0.997. The van der Waals surface area contributed by atoms with Crippen LogP contribution in [-0.2, 0) is 0 Å². The molecular weight excluding hydrogens is 594 g/mol. The number of amides is 3. The highest BCUT2D eigenvalue weighted by Gasteiger charge is 2.38. The van der Waals surface area contributed by atoms with E-state index in [1.807, 2.05) is 0 Å². The highest BCUT2D eigenvalue weighted by Crippen LogP contribution is 2.36. The number of thiazole rings is 1. The van der Waals surface area contributed by atoms with E-state index in [1.54, 1.807) is 12.1 Å². The molecule has 4 aromatic rings. The number of piperidine rings is 1. The van der Waals surface area contributed by atoms with Crippen molar-refractivity contribution < 1.29 is 27.6 Å². The summed E-state index contributed by atoms with van der Waals surface area (Å²) in [6.07, 6.45) is 1.48. The number of aromatic nitrogens is 3. The van der Waals surface area contributed by atoms with Gasteiger partial charge in [0.2, 0.25) is 5.82 Å². The molecule has 2 aromatic heterocycles. The second kappa shape index (κ2) is 11.8. The fourth-order valence-electron chi connectivity index (χ4n) is 5.48. The lowest BCUT2D eigenvalue weighted by Gasteiger charge is -2.46. The van der Waals surface area contributed by atoms with Gasteiger partial charge in [0, 0.05) is 28.7 Å². The molecule has 0 aliphatic carbocycles. The number of carbonyl (C=O) groups excluding carboxylic acids is 2. The zero-order valence-corrected chi connectivity index (χ0v) is 25.5. The molecule has 0 bridgehead atoms. The number of rotatable bonds is 7. The Labute approximate surface area is 255 Å². The molecule has 3 amide bonds. The number of nitrogens with zero attached hydrogens (tertiary/aromatic N) is 3. The van der Waals surface area contributed by atoms with Crippen LogP contribution in [0.15, 0.2) is 40.9 Å². The van der Waals surface area contributed by atoms with Crippen LogP contribution in [0.1, 0.15) is 50.9 Å². The van der Waals surface area contributed by atoms with Gasteiger partial charge in [0.1, 0.15) is 28.1 Å². The van der Waals surface area contributed by atoms with Crippen LogP contribution in [0.5, 0.6) is 5.75 Å². The van der Waals surface area contributed by atoms with Crippen LogP contribution in [0.3, 0.4) is 0 Å². The predicted octanol–water partition coefficient (Wildman–Crippen LogP) is 5.41. The first-order valence-corrected chi connectivity index (χ1v) is 14.5. The molecule has 0 spiro atoms. The van der Waals surface area contributed by atoms with Gasteiger partial charge < -0.3 is 30.9 Å². The van der Waals surface area contributed by atoms with Crippen LogP contribution in [0.25, 0.3) is 22.2 Å². The molecule has 3 heterocycles. The number of halogens is 2. The lowest BCUT2D eigenvalue weighted by atomic mass is 9.80. The Balaban J connectivity index is 1.30. The van der Waals surface area contributed by atoms with E-state index < -0.39 is 23.6 Å². The van der Waals surface area contributed by atoms with E-state index in [0.717, 1.165) is 30.2 Å². The van der Waals surface area contributed by atoms with Gasteiger partial charge in [-0.15, -0.1) is 0 Å². The average Bonchev–Trinajstić information content (AvgIpc) is 3.54. The van der Waals surface area contributed by atoms with Gasteiger partial charge in [0.25, 0.3) is 11.8 Å². The molecule has 1 fully saturated rings. The minimum absolute atomic E-state index is 0.00968. The van der Waals surface area contributed by atoms with E-state index in [-0.39, 0.29) is 61.5 Å². The SMILES string of the molecule is COc1cccc(C(=O)Nc2cc(-c3noc(-c4sc(NC(=O)NC5CC(C)(C)NC(C)(C)C5)nc4N)n3)c(F)cc2F)c1. The number of nitrogens with one attached hydrogen (secondary N) is 4. The fourth-order valence-corrected chi connectivity index (χ4v) is 6.28. The zero-order chi connectivity index (χ0) is 31.8. The molecule has 15 heteroatoms. The van der Waals surface area contributed by atoms with E-state index in [1.165, 1.54) is 19.2 Å². The molecule has 44 heavy (non-hydrogen) atoms. The van der Waals surface area contributed by atoms with Crippen LogP contribution in [-0.4, -0.2) is 51.3 Å². The largest absolute Gasteiger partial charge is 0.497 e. The maximum atomic E-state index is 14.8. The monoisotopic (exact) mass is 626 g/mol. The third-order valence-corrected chi connectivity index (χ3v) is 7.87. The summed E-state index contributed by atoms with van der Waals surface area (Å²) in [4.78, 5) is 34.1. The number of urea groups is 1. The summed E-state index contributed by atoms with van der Waals surface area (Å²) >= 11 is 0.992. The maximum Gasteiger partial charge on any atom is 0.321 e. The normalized spacial score (nSPS) is 15.9. The summed E-state index contributed by atoms with van der Waals surface area (Å²) < 4.78 is 39.9. The number of hydrogen-bond acceptors (Lipinski definition) is 10. The standard InChI is InChI=1S/C29H32F2N8O4S/c1-28(2)12-15(13-29(3,4)39-28)33-26(41)37-27-35-22(32)21(44-27)25-36-23(38-43-25)17-10-20(19(31)11-18(17)30)34-24(40)14-7-6-8-16(9-14)42-5/h6-11,15,39H,12-13,32H2,1-5H3,(H,34,40)(H2,33,35,37,41). The lowest BCUT2D eigenvalue weighted by Crippen LogP contribution is -2.62. The summed E-state index contributed by atoms with van der Waals surface area (Å²) in [6.45, 7) is 8.35. The summed E-state index contributed by atoms with van der Waals surface area (Å²) in [5, 5.41) is 15.7. The number of ether oxygens (including phenoxy) is 1. The van der Waals surface area contributed by atoms with E-state index in [2.05, 4.69) is 64.1 Å². The summed E-state index contributed by atoms with van der Waals surface area (Å²) in [5.74, 6) is -2.47. The zero-order valence-electron chi connectivity index (χ0n) is 24.7. The van der Waals surface area contributed by atoms with Crippen molar-refractivity contribution in [2.24, 2.45) is 0 Å². The van der Waals surface area contributed by atoms with Crippen molar-refractivity contribution in [3.8, 4) is 27.9 Å². The highest BCUT2D eigenvalue weighted by atomic mass is 32.1. The number of nitrogen functional groups attached to an aromatic ring is 1. The van der Waals surface area contributed by atoms with Crippen molar-refractivity contribution in [3.05, 3.63) is 53.6 Å². The Kier molecular flexibility index (Phi) is 8.27. The van der Waals surface area contributed by atoms with Gasteiger partial charge in [-0.05, 0) is 64.8 Å². The molecule has 0 atom stereocenters. The number of benzene rings is 2. The molecule has 0 saturated carbocycles. The van der Waals surface area contributed by atoms with E-state index in [0.29, 0.717) is 11.8 Å². The number of nitrogens with two attached hydrogens (primary N) is 1. The molecule has 6 N–H and O–H groups in total. The van der Waals surface area contributed by atoms with Crippen LogP contribution in [0.4, 0.5) is 30.2 Å². The second-order valence-electron chi connectivity index (χ2n) is 11.8. The average molecular weight is 627 g/mol. The third-order valence-electron chi connectivity index (χ3n) is 6.90. The minimum Gasteiger partial charge on any atom is -0.497 e. The molecule has 0 unspecified atom stereocenters. The molecule has 12 nitrogen and oxygen atoms in total. The van der Waals surface area contributed by atoms with Crippen LogP contribution < -0.4 is 31.7 Å². The van der Waals surface area contributed by atoms with Crippen molar-refractivity contribution in [2.75, 3.05) is 23.5 Å². The number of anilines is 3. The van der Waals surface area contributed by atoms with Crippen LogP contribution in [0.2, 0.25) is 0 Å². The molecular formula is C29H32F2N8O4S. The van der Waals surface area contributed by atoms with Crippen molar-refractivity contribution in [1.29, 1.82) is 0 Å². The van der Waals surface area contributed by atoms with Gasteiger partial charge in [-0.3, -0.25) is 10.1 Å². The van der Waals surface area contributed by atoms with Gasteiger partial charge in [-0.2, -0.15) is 4.98 Å². The van der Waals surface area contributed by atoms with Gasteiger partial charge in [0.15, 0.2) is 5.13 Å². The Hall–Kier alpha value is -4.63. The van der Waals surface area contributed by atoms with Crippen LogP contribution >= 0.6 is 11.3 Å². The van der Waals surface area contributed by atoms with Crippen molar-refractivity contribution in [2.45, 2.75) is 57.7 Å². The molecule has 5 rings (SSSR count). The predicted molar refractivity (Wildman–Crippen MR) is 163 cm³/mol. The first-order valence-electron chi connectivity index (χ1n) is 13.6. The van der Waals surface area contributed by atoms with Crippen molar-refractivity contribution >= 4 is 39.9 Å². The first kappa shape index (κ1) is 30.8. The molecule has 232 valence electrons. The molecule has 0 radical (unpaired) electrons. The second-order valence-corrected chi connectivity index (χ2v) is 12.7. The summed E-state index contributed by atoms with van der Waals surface area (Å²) in [7, 11) is 1.45. The Bertz CT molecular complexity index is 1710. The van der Waals surface area contributed by atoms with Crippen molar-refractivity contribution in [3.63, 3.8) is 0 Å². The number of hydrogen-bond donors (Lipinski definition) is 5. The molecule has 1 aliphatic heterocycles. The smallest absolute Gasteiger partial charge is 0.321 e. The van der Waals surface area contributed by atoms with Crippen molar-refractivity contribution in [1.82, 2.24) is 25.8 Å². The Morgan fingerprint density at radius 2 is 1.80 bits per heavy atom. The van der Waals surface area contributed by atoms with Gasteiger partial charge in [-0.25, -0.2) is 18.6 Å². The number of carbonyl (C=O) groups is 2. The van der Waals surface area contributed by atoms with Gasteiger partial charge >= 0.3 is 6.03 Å². The van der Waals surface area contributed by atoms with E-state index in [9.17, 15) is 18.4 Å². The Morgan fingerprint density at radius 1 is 1.07 bits per heavy atom. The Morgan fingerprint density at radius 3 is 2.50 bits per heavy atom. The summed E-state index contributed by atoms with van der Waals surface area (Å²) in [6, 6.07) is 7.43. The summed E-state index contributed by atoms with van der Waals surface area (Å²) in [5.41, 5.74) is 5.45. The highest BCUT2D eigenvalue weighted by molar-refractivity contribution is 7.19. The molecule has 1 aliphatic rings.